The molecule has 0 unspecified atom stereocenters. The molecule has 0 atom stereocenters. The van der Waals surface area contributed by atoms with Crippen molar-refractivity contribution in [3.63, 3.8) is 0 Å². The predicted molar refractivity (Wildman–Crippen MR) is 79.4 cm³/mol. The fourth-order valence-electron chi connectivity index (χ4n) is 2.50. The summed E-state index contributed by atoms with van der Waals surface area (Å²) in [6.07, 6.45) is 5.30. The second-order valence-corrected chi connectivity index (χ2v) is 5.97. The van der Waals surface area contributed by atoms with E-state index in [1.54, 1.807) is 7.11 Å². The van der Waals surface area contributed by atoms with Crippen LogP contribution in [-0.4, -0.2) is 42.2 Å². The number of hydrogen-bond acceptors (Lipinski definition) is 4. The lowest BCUT2D eigenvalue weighted by atomic mass is 10.2. The normalized spacial score (nSPS) is 18.7. The molecule has 4 nitrogen and oxygen atoms in total. The van der Waals surface area contributed by atoms with E-state index in [1.807, 2.05) is 0 Å². The first kappa shape index (κ1) is 14.0. The molecule has 0 aromatic carbocycles. The highest BCUT2D eigenvalue weighted by Gasteiger charge is 2.28. The maximum atomic E-state index is 5.21. The smallest absolute Gasteiger partial charge is 0.0589 e. The van der Waals surface area contributed by atoms with E-state index in [1.165, 1.54) is 31.4 Å². The Morgan fingerprint density at radius 2 is 2.05 bits per heavy atom. The average molecular weight is 275 g/mol. The van der Waals surface area contributed by atoms with Crippen LogP contribution in [0.3, 0.4) is 0 Å². The van der Waals surface area contributed by atoms with Crippen molar-refractivity contribution in [3.8, 4) is 0 Å². The second kappa shape index (κ2) is 6.66. The van der Waals surface area contributed by atoms with Crippen molar-refractivity contribution in [3.05, 3.63) is 29.6 Å². The van der Waals surface area contributed by atoms with E-state index in [0.29, 0.717) is 0 Å². The third-order valence-electron chi connectivity index (χ3n) is 4.02. The van der Waals surface area contributed by atoms with Crippen LogP contribution in [0.1, 0.15) is 37.1 Å². The third kappa shape index (κ3) is 4.27. The number of hydrogen-bond donors (Lipinski definition) is 1. The number of nitrogens with one attached hydrogen (secondary N) is 1. The molecule has 0 bridgehead atoms. The van der Waals surface area contributed by atoms with Crippen molar-refractivity contribution in [2.24, 2.45) is 0 Å². The lowest BCUT2D eigenvalue weighted by molar-refractivity contribution is 0.139. The van der Waals surface area contributed by atoms with Gasteiger partial charge in [-0.15, -0.1) is 0 Å². The van der Waals surface area contributed by atoms with Crippen LogP contribution in [0.25, 0.3) is 0 Å². The molecule has 0 aliphatic heterocycles. The van der Waals surface area contributed by atoms with Crippen molar-refractivity contribution in [1.82, 2.24) is 15.2 Å². The van der Waals surface area contributed by atoms with Crippen LogP contribution >= 0.6 is 0 Å². The van der Waals surface area contributed by atoms with E-state index in [2.05, 4.69) is 28.4 Å². The summed E-state index contributed by atoms with van der Waals surface area (Å²) >= 11 is 0. The zero-order chi connectivity index (χ0) is 13.8. The van der Waals surface area contributed by atoms with Crippen LogP contribution in [0.15, 0.2) is 18.2 Å². The van der Waals surface area contributed by atoms with Crippen molar-refractivity contribution in [2.45, 2.75) is 50.9 Å². The molecule has 1 aromatic rings. The zero-order valence-corrected chi connectivity index (χ0v) is 12.3. The highest BCUT2D eigenvalue weighted by Crippen LogP contribution is 2.27. The number of aromatic nitrogens is 1. The lowest BCUT2D eigenvalue weighted by Crippen LogP contribution is -2.29. The number of ether oxygens (including phenoxy) is 1. The number of nitrogens with zero attached hydrogens (tertiary/aromatic N) is 2. The summed E-state index contributed by atoms with van der Waals surface area (Å²) in [6, 6.07) is 7.89. The van der Waals surface area contributed by atoms with Crippen LogP contribution in [-0.2, 0) is 17.8 Å². The number of pyridine rings is 1. The quantitative estimate of drug-likeness (QED) is 0.747. The van der Waals surface area contributed by atoms with Gasteiger partial charge < -0.3 is 10.1 Å². The van der Waals surface area contributed by atoms with Gasteiger partial charge in [0.1, 0.15) is 0 Å². The molecule has 2 aliphatic rings. The summed E-state index contributed by atoms with van der Waals surface area (Å²) in [4.78, 5) is 7.29. The van der Waals surface area contributed by atoms with E-state index < -0.39 is 0 Å². The first-order valence-corrected chi connectivity index (χ1v) is 7.76. The lowest BCUT2D eigenvalue weighted by Gasteiger charge is -2.21. The topological polar surface area (TPSA) is 37.4 Å². The monoisotopic (exact) mass is 275 g/mol. The maximum absolute atomic E-state index is 5.21. The van der Waals surface area contributed by atoms with E-state index in [-0.39, 0.29) is 0 Å². The van der Waals surface area contributed by atoms with Crippen molar-refractivity contribution in [1.29, 1.82) is 0 Å². The fraction of sp³-hybridized carbons (Fsp3) is 0.688. The summed E-state index contributed by atoms with van der Waals surface area (Å²) in [5, 5.41) is 3.53. The first-order chi connectivity index (χ1) is 9.85. The van der Waals surface area contributed by atoms with Gasteiger partial charge in [0.25, 0.3) is 0 Å². The maximum Gasteiger partial charge on any atom is 0.0589 e. The molecule has 2 fully saturated rings. The van der Waals surface area contributed by atoms with Gasteiger partial charge in [0.05, 0.1) is 18.0 Å². The summed E-state index contributed by atoms with van der Waals surface area (Å²) in [6.45, 7) is 3.66. The molecule has 20 heavy (non-hydrogen) atoms. The van der Waals surface area contributed by atoms with Crippen LogP contribution in [0.4, 0.5) is 0 Å². The summed E-state index contributed by atoms with van der Waals surface area (Å²) in [5.74, 6) is 0. The minimum atomic E-state index is 0.741. The van der Waals surface area contributed by atoms with Gasteiger partial charge in [0.2, 0.25) is 0 Å². The Hall–Kier alpha value is -0.970. The molecule has 2 saturated carbocycles. The Labute approximate surface area is 121 Å². The summed E-state index contributed by atoms with van der Waals surface area (Å²) in [7, 11) is 1.77. The highest BCUT2D eigenvalue weighted by atomic mass is 16.5. The van der Waals surface area contributed by atoms with Gasteiger partial charge in [-0.25, -0.2) is 0 Å². The molecule has 1 heterocycles. The van der Waals surface area contributed by atoms with E-state index in [4.69, 9.17) is 9.72 Å². The molecular formula is C16H25N3O. The molecule has 2 aliphatic carbocycles. The Morgan fingerprint density at radius 3 is 2.75 bits per heavy atom. The van der Waals surface area contributed by atoms with Gasteiger partial charge in [-0.05, 0) is 37.8 Å². The molecule has 0 amide bonds. The molecule has 4 heteroatoms. The summed E-state index contributed by atoms with van der Waals surface area (Å²) < 4.78 is 5.21. The minimum Gasteiger partial charge on any atom is -0.383 e. The average Bonchev–Trinajstić information content (AvgIpc) is 3.35. The predicted octanol–water partition coefficient (Wildman–Crippen LogP) is 1.94. The van der Waals surface area contributed by atoms with Crippen LogP contribution in [0.5, 0.6) is 0 Å². The van der Waals surface area contributed by atoms with Crippen molar-refractivity contribution in [2.75, 3.05) is 20.3 Å². The molecule has 110 valence electrons. The van der Waals surface area contributed by atoms with Crippen molar-refractivity contribution >= 4 is 0 Å². The van der Waals surface area contributed by atoms with Crippen molar-refractivity contribution < 1.29 is 4.74 Å². The van der Waals surface area contributed by atoms with Gasteiger partial charge in [-0.1, -0.05) is 6.07 Å². The molecule has 0 spiro atoms. The highest BCUT2D eigenvalue weighted by molar-refractivity contribution is 5.12. The van der Waals surface area contributed by atoms with E-state index >= 15 is 0 Å². The first-order valence-electron chi connectivity index (χ1n) is 7.76. The van der Waals surface area contributed by atoms with Crippen LogP contribution < -0.4 is 5.32 Å². The largest absolute Gasteiger partial charge is 0.383 e. The van der Waals surface area contributed by atoms with Gasteiger partial charge >= 0.3 is 0 Å². The summed E-state index contributed by atoms with van der Waals surface area (Å²) in [5.41, 5.74) is 2.35. The van der Waals surface area contributed by atoms with Crippen LogP contribution in [0, 0.1) is 0 Å². The molecule has 1 N–H and O–H groups in total. The standard InChI is InChI=1S/C16H25N3O/c1-20-10-9-19(16-7-8-16)12-15-4-2-3-14(18-15)11-17-13-5-6-13/h2-4,13,16-17H,5-12H2,1H3. The Morgan fingerprint density at radius 1 is 1.25 bits per heavy atom. The molecular weight excluding hydrogens is 250 g/mol. The SMILES string of the molecule is COCCN(Cc1cccc(CNC2CC2)n1)C1CC1. The number of rotatable bonds is 9. The van der Waals surface area contributed by atoms with Gasteiger partial charge in [0.15, 0.2) is 0 Å². The number of methoxy groups -OCH3 is 1. The molecule has 1 aromatic heterocycles. The zero-order valence-electron chi connectivity index (χ0n) is 12.3. The Bertz CT molecular complexity index is 429. The van der Waals surface area contributed by atoms with Gasteiger partial charge in [-0.2, -0.15) is 0 Å². The van der Waals surface area contributed by atoms with E-state index in [9.17, 15) is 0 Å². The second-order valence-electron chi connectivity index (χ2n) is 5.97. The molecule has 3 rings (SSSR count). The molecule has 0 radical (unpaired) electrons. The Kier molecular flexibility index (Phi) is 4.65. The van der Waals surface area contributed by atoms with Crippen LogP contribution in [0.2, 0.25) is 0 Å². The third-order valence-corrected chi connectivity index (χ3v) is 4.02. The Balaban J connectivity index is 1.55. The molecule has 0 saturated heterocycles. The van der Waals surface area contributed by atoms with Gasteiger partial charge in [-0.3, -0.25) is 9.88 Å². The van der Waals surface area contributed by atoms with Gasteiger partial charge in [0, 0.05) is 38.8 Å². The van der Waals surface area contributed by atoms with E-state index in [0.717, 1.165) is 44.0 Å². The fourth-order valence-corrected chi connectivity index (χ4v) is 2.50. The minimum absolute atomic E-state index is 0.741.